The highest BCUT2D eigenvalue weighted by molar-refractivity contribution is 5.87. The van der Waals surface area contributed by atoms with Crippen LogP contribution >= 0.6 is 0 Å². The van der Waals surface area contributed by atoms with Crippen molar-refractivity contribution in [2.24, 2.45) is 0 Å². The summed E-state index contributed by atoms with van der Waals surface area (Å²) in [6.07, 6.45) is 0. The van der Waals surface area contributed by atoms with Gasteiger partial charge in [-0.1, -0.05) is 12.1 Å². The smallest absolute Gasteiger partial charge is 0.354 e. The molecule has 5 nitrogen and oxygen atoms in total. The molecule has 2 rings (SSSR count). The van der Waals surface area contributed by atoms with Crippen LogP contribution in [-0.4, -0.2) is 20.9 Å². The Hall–Kier alpha value is -2.61. The van der Waals surface area contributed by atoms with E-state index in [0.29, 0.717) is 17.8 Å². The Bertz CT molecular complexity index is 621. The molecule has 0 amide bonds. The van der Waals surface area contributed by atoms with Crippen molar-refractivity contribution in [3.05, 3.63) is 41.6 Å². The summed E-state index contributed by atoms with van der Waals surface area (Å²) in [5.41, 5.74) is 2.12. The first-order chi connectivity index (χ1) is 8.65. The molecule has 5 heteroatoms. The number of benzene rings is 1. The maximum atomic E-state index is 11.0. The third kappa shape index (κ3) is 2.09. The van der Waals surface area contributed by atoms with E-state index in [1.165, 1.54) is 10.7 Å². The molecular weight excluding hydrogens is 230 g/mol. The summed E-state index contributed by atoms with van der Waals surface area (Å²) in [6, 6.07) is 10.4. The Morgan fingerprint density at radius 3 is 2.56 bits per heavy atom. The molecule has 0 aliphatic heterocycles. The number of aromatic carboxylic acids is 1. The highest BCUT2D eigenvalue weighted by Crippen LogP contribution is 2.19. The third-order valence-electron chi connectivity index (χ3n) is 2.61. The molecular formula is C13H11N3O2. The van der Waals surface area contributed by atoms with E-state index < -0.39 is 5.97 Å². The van der Waals surface area contributed by atoms with Crippen LogP contribution in [0.1, 0.15) is 23.0 Å². The molecule has 0 saturated carbocycles. The number of nitrogens with zero attached hydrogens (tertiary/aromatic N) is 3. The topological polar surface area (TPSA) is 78.9 Å². The van der Waals surface area contributed by atoms with Gasteiger partial charge in [0.15, 0.2) is 0 Å². The average Bonchev–Trinajstić information content (AvgIpc) is 2.83. The first kappa shape index (κ1) is 11.9. The molecule has 0 aliphatic carbocycles. The van der Waals surface area contributed by atoms with Crippen LogP contribution in [0.25, 0.3) is 11.3 Å². The van der Waals surface area contributed by atoms with Crippen molar-refractivity contribution in [1.82, 2.24) is 9.78 Å². The van der Waals surface area contributed by atoms with Crippen molar-refractivity contribution in [3.8, 4) is 17.3 Å². The fourth-order valence-corrected chi connectivity index (χ4v) is 1.69. The van der Waals surface area contributed by atoms with Crippen molar-refractivity contribution in [2.45, 2.75) is 13.5 Å². The number of hydrogen-bond donors (Lipinski definition) is 1. The molecule has 0 radical (unpaired) electrons. The summed E-state index contributed by atoms with van der Waals surface area (Å²) in [6.45, 7) is 2.33. The number of nitriles is 1. The van der Waals surface area contributed by atoms with E-state index in [1.807, 2.05) is 13.0 Å². The van der Waals surface area contributed by atoms with Gasteiger partial charge in [0.25, 0.3) is 0 Å². The van der Waals surface area contributed by atoms with E-state index in [-0.39, 0.29) is 5.69 Å². The standard InChI is InChI=1S/C13H11N3O2/c1-2-16-12(13(17)18)7-11(15-16)10-5-3-9(8-14)4-6-10/h3-7H,2H2,1H3,(H,17,18). The summed E-state index contributed by atoms with van der Waals surface area (Å²) < 4.78 is 1.44. The number of aromatic nitrogens is 2. The molecule has 0 unspecified atom stereocenters. The summed E-state index contributed by atoms with van der Waals surface area (Å²) in [4.78, 5) is 11.0. The van der Waals surface area contributed by atoms with Gasteiger partial charge in [-0.05, 0) is 25.1 Å². The summed E-state index contributed by atoms with van der Waals surface area (Å²) in [5, 5.41) is 22.0. The number of carboxylic acid groups (broad SMARTS) is 1. The molecule has 0 saturated heterocycles. The van der Waals surface area contributed by atoms with Gasteiger partial charge >= 0.3 is 5.97 Å². The summed E-state index contributed by atoms with van der Waals surface area (Å²) in [5.74, 6) is -0.996. The van der Waals surface area contributed by atoms with E-state index in [4.69, 9.17) is 10.4 Å². The minimum absolute atomic E-state index is 0.164. The van der Waals surface area contributed by atoms with Crippen LogP contribution in [0.4, 0.5) is 0 Å². The Labute approximate surface area is 104 Å². The van der Waals surface area contributed by atoms with E-state index in [1.54, 1.807) is 24.3 Å². The predicted molar refractivity (Wildman–Crippen MR) is 65.0 cm³/mol. The van der Waals surface area contributed by atoms with E-state index in [2.05, 4.69) is 5.10 Å². The van der Waals surface area contributed by atoms with Gasteiger partial charge in [-0.3, -0.25) is 4.68 Å². The lowest BCUT2D eigenvalue weighted by Gasteiger charge is -1.98. The van der Waals surface area contributed by atoms with Crippen LogP contribution in [0.3, 0.4) is 0 Å². The fourth-order valence-electron chi connectivity index (χ4n) is 1.69. The van der Waals surface area contributed by atoms with E-state index >= 15 is 0 Å². The Balaban J connectivity index is 2.44. The average molecular weight is 241 g/mol. The zero-order valence-electron chi connectivity index (χ0n) is 9.79. The molecule has 1 heterocycles. The molecule has 0 spiro atoms. The van der Waals surface area contributed by atoms with Crippen LogP contribution in [0.2, 0.25) is 0 Å². The molecule has 0 fully saturated rings. The molecule has 90 valence electrons. The lowest BCUT2D eigenvalue weighted by molar-refractivity contribution is 0.0683. The quantitative estimate of drug-likeness (QED) is 0.892. The summed E-state index contributed by atoms with van der Waals surface area (Å²) >= 11 is 0. The predicted octanol–water partition coefficient (Wildman–Crippen LogP) is 2.14. The Kier molecular flexibility index (Phi) is 3.11. The molecule has 0 bridgehead atoms. The number of aryl methyl sites for hydroxylation is 1. The lowest BCUT2D eigenvalue weighted by Crippen LogP contribution is -2.07. The maximum Gasteiger partial charge on any atom is 0.354 e. The normalized spacial score (nSPS) is 10.0. The van der Waals surface area contributed by atoms with Crippen LogP contribution in [-0.2, 0) is 6.54 Å². The largest absolute Gasteiger partial charge is 0.477 e. The number of carbonyl (C=O) groups is 1. The second kappa shape index (κ2) is 4.72. The van der Waals surface area contributed by atoms with Crippen LogP contribution in [0, 0.1) is 11.3 Å². The highest BCUT2D eigenvalue weighted by Gasteiger charge is 2.13. The molecule has 0 aliphatic rings. The zero-order chi connectivity index (χ0) is 13.1. The minimum atomic E-state index is -0.996. The lowest BCUT2D eigenvalue weighted by atomic mass is 10.1. The van der Waals surface area contributed by atoms with Crippen molar-refractivity contribution in [1.29, 1.82) is 5.26 Å². The number of carboxylic acids is 1. The van der Waals surface area contributed by atoms with Gasteiger partial charge in [0, 0.05) is 12.1 Å². The van der Waals surface area contributed by atoms with Gasteiger partial charge in [-0.25, -0.2) is 4.79 Å². The Morgan fingerprint density at radius 2 is 2.11 bits per heavy atom. The molecule has 1 N–H and O–H groups in total. The molecule has 0 atom stereocenters. The molecule has 2 aromatic rings. The SMILES string of the molecule is CCn1nc(-c2ccc(C#N)cc2)cc1C(=O)O. The van der Waals surface area contributed by atoms with Gasteiger partial charge < -0.3 is 5.11 Å². The molecule has 1 aromatic heterocycles. The van der Waals surface area contributed by atoms with E-state index in [9.17, 15) is 4.79 Å². The van der Waals surface area contributed by atoms with Gasteiger partial charge in [0.1, 0.15) is 5.69 Å². The van der Waals surface area contributed by atoms with Crippen LogP contribution in [0.5, 0.6) is 0 Å². The van der Waals surface area contributed by atoms with Gasteiger partial charge in [-0.15, -0.1) is 0 Å². The molecule has 18 heavy (non-hydrogen) atoms. The number of rotatable bonds is 3. The van der Waals surface area contributed by atoms with E-state index in [0.717, 1.165) is 5.56 Å². The maximum absolute atomic E-state index is 11.0. The monoisotopic (exact) mass is 241 g/mol. The van der Waals surface area contributed by atoms with Crippen LogP contribution in [0.15, 0.2) is 30.3 Å². The first-order valence-electron chi connectivity index (χ1n) is 5.47. The number of hydrogen-bond acceptors (Lipinski definition) is 3. The summed E-state index contributed by atoms with van der Waals surface area (Å²) in [7, 11) is 0. The van der Waals surface area contributed by atoms with Gasteiger partial charge in [0.05, 0.1) is 17.3 Å². The van der Waals surface area contributed by atoms with Crippen LogP contribution < -0.4 is 0 Å². The minimum Gasteiger partial charge on any atom is -0.477 e. The van der Waals surface area contributed by atoms with Crippen molar-refractivity contribution in [2.75, 3.05) is 0 Å². The van der Waals surface area contributed by atoms with Gasteiger partial charge in [0.2, 0.25) is 0 Å². The second-order valence-corrected chi connectivity index (χ2v) is 3.72. The van der Waals surface area contributed by atoms with Crippen molar-refractivity contribution in [3.63, 3.8) is 0 Å². The first-order valence-corrected chi connectivity index (χ1v) is 5.47. The van der Waals surface area contributed by atoms with Crippen molar-refractivity contribution >= 4 is 5.97 Å². The zero-order valence-corrected chi connectivity index (χ0v) is 9.79. The van der Waals surface area contributed by atoms with Crippen molar-refractivity contribution < 1.29 is 9.90 Å². The fraction of sp³-hybridized carbons (Fsp3) is 0.154. The van der Waals surface area contributed by atoms with Gasteiger partial charge in [-0.2, -0.15) is 10.4 Å². The Morgan fingerprint density at radius 1 is 1.44 bits per heavy atom. The highest BCUT2D eigenvalue weighted by atomic mass is 16.4. The molecule has 1 aromatic carbocycles. The second-order valence-electron chi connectivity index (χ2n) is 3.72. The third-order valence-corrected chi connectivity index (χ3v) is 2.61.